The predicted molar refractivity (Wildman–Crippen MR) is 75.8 cm³/mol. The summed E-state index contributed by atoms with van der Waals surface area (Å²) in [5.74, 6) is 0.669. The van der Waals surface area contributed by atoms with Gasteiger partial charge in [-0.3, -0.25) is 4.79 Å². The third-order valence-electron chi connectivity index (χ3n) is 4.80. The van der Waals surface area contributed by atoms with Crippen molar-refractivity contribution in [2.24, 2.45) is 0 Å². The number of ketones is 1. The third kappa shape index (κ3) is 1.59. The number of hydrogen-bond donors (Lipinski definition) is 0. The minimum atomic E-state index is 0.326. The van der Waals surface area contributed by atoms with Gasteiger partial charge in [-0.15, -0.1) is 4.68 Å². The molecule has 0 radical (unpaired) electrons. The monoisotopic (exact) mass is 267 g/mol. The third-order valence-corrected chi connectivity index (χ3v) is 4.80. The molecule has 20 heavy (non-hydrogen) atoms. The Hall–Kier alpha value is -1.90. The SMILES string of the molecule is Cc1c2c([n+]3n1CCC3)C[C@@H](c1ccccc1)CC2=O. The van der Waals surface area contributed by atoms with E-state index >= 15 is 0 Å². The van der Waals surface area contributed by atoms with Crippen LogP contribution in [0.5, 0.6) is 0 Å². The van der Waals surface area contributed by atoms with Crippen molar-refractivity contribution in [2.75, 3.05) is 0 Å². The van der Waals surface area contributed by atoms with E-state index in [2.05, 4.69) is 40.6 Å². The van der Waals surface area contributed by atoms with Crippen LogP contribution in [0.15, 0.2) is 30.3 Å². The van der Waals surface area contributed by atoms with E-state index in [-0.39, 0.29) is 0 Å². The molecule has 0 unspecified atom stereocenters. The van der Waals surface area contributed by atoms with E-state index in [9.17, 15) is 4.79 Å². The molecule has 1 aliphatic carbocycles. The Kier molecular flexibility index (Phi) is 2.56. The average Bonchev–Trinajstić information content (AvgIpc) is 3.04. The lowest BCUT2D eigenvalue weighted by Gasteiger charge is -2.19. The standard InChI is InChI=1S/C17H19N2O/c1-12-17-15(19-9-5-8-18(12)19)10-14(11-16(17)20)13-6-3-2-4-7-13/h2-4,6-7,14H,5,8-11H2,1H3/q+1/t14-/m1/s1. The van der Waals surface area contributed by atoms with Crippen molar-refractivity contribution < 1.29 is 9.48 Å². The van der Waals surface area contributed by atoms with E-state index in [1.807, 2.05) is 6.07 Å². The molecular weight excluding hydrogens is 248 g/mol. The van der Waals surface area contributed by atoms with Gasteiger partial charge in [0.2, 0.25) is 5.69 Å². The molecule has 0 saturated heterocycles. The van der Waals surface area contributed by atoms with Crippen molar-refractivity contribution in [1.29, 1.82) is 0 Å². The Morgan fingerprint density at radius 1 is 1.20 bits per heavy atom. The number of hydrogen-bond acceptors (Lipinski definition) is 1. The van der Waals surface area contributed by atoms with Gasteiger partial charge in [0.1, 0.15) is 5.56 Å². The first-order valence-corrected chi connectivity index (χ1v) is 7.46. The lowest BCUT2D eigenvalue weighted by Crippen LogP contribution is -2.42. The summed E-state index contributed by atoms with van der Waals surface area (Å²) in [6, 6.07) is 10.5. The second-order valence-corrected chi connectivity index (χ2v) is 5.95. The topological polar surface area (TPSA) is 25.9 Å². The largest absolute Gasteiger partial charge is 0.294 e. The summed E-state index contributed by atoms with van der Waals surface area (Å²) in [7, 11) is 0. The molecule has 0 amide bonds. The van der Waals surface area contributed by atoms with Crippen molar-refractivity contribution >= 4 is 5.78 Å². The van der Waals surface area contributed by atoms with Gasteiger partial charge >= 0.3 is 0 Å². The van der Waals surface area contributed by atoms with Gasteiger partial charge in [-0.25, -0.2) is 0 Å². The van der Waals surface area contributed by atoms with Gasteiger partial charge in [0.15, 0.2) is 12.3 Å². The second-order valence-electron chi connectivity index (χ2n) is 5.95. The number of benzene rings is 1. The molecule has 0 fully saturated rings. The minimum Gasteiger partial charge on any atom is -0.294 e. The van der Waals surface area contributed by atoms with Gasteiger partial charge in [0.05, 0.1) is 12.2 Å². The van der Waals surface area contributed by atoms with Crippen LogP contribution in [0, 0.1) is 6.92 Å². The number of rotatable bonds is 1. The summed E-state index contributed by atoms with van der Waals surface area (Å²) in [4.78, 5) is 12.6. The van der Waals surface area contributed by atoms with Crippen LogP contribution in [0.2, 0.25) is 0 Å². The van der Waals surface area contributed by atoms with E-state index in [4.69, 9.17) is 0 Å². The summed E-state index contributed by atoms with van der Waals surface area (Å²) in [6.45, 7) is 4.22. The molecule has 4 rings (SSSR count). The van der Waals surface area contributed by atoms with Crippen molar-refractivity contribution in [3.63, 3.8) is 0 Å². The Bertz CT molecular complexity index is 685. The predicted octanol–water partition coefficient (Wildman–Crippen LogP) is 2.40. The van der Waals surface area contributed by atoms with E-state index in [1.54, 1.807) is 0 Å². The summed E-state index contributed by atoms with van der Waals surface area (Å²) >= 11 is 0. The van der Waals surface area contributed by atoms with Crippen molar-refractivity contribution in [1.82, 2.24) is 4.68 Å². The summed E-state index contributed by atoms with van der Waals surface area (Å²) in [5.41, 5.74) is 4.75. The highest BCUT2D eigenvalue weighted by molar-refractivity contribution is 5.99. The van der Waals surface area contributed by atoms with Gasteiger partial charge in [0.25, 0.3) is 0 Å². The number of Topliss-reactive ketones (excluding diaryl/α,β-unsaturated/α-hetero) is 1. The molecule has 2 heterocycles. The Labute approximate surface area is 118 Å². The molecule has 1 aliphatic heterocycles. The molecule has 1 atom stereocenters. The van der Waals surface area contributed by atoms with E-state index in [0.717, 1.165) is 25.1 Å². The summed E-state index contributed by atoms with van der Waals surface area (Å²) in [5, 5.41) is 0. The molecule has 3 heteroatoms. The van der Waals surface area contributed by atoms with Crippen molar-refractivity contribution in [2.45, 2.75) is 45.2 Å². The molecule has 0 spiro atoms. The maximum atomic E-state index is 12.6. The van der Waals surface area contributed by atoms with Gasteiger partial charge in [-0.05, 0) is 12.5 Å². The van der Waals surface area contributed by atoms with E-state index in [1.165, 1.54) is 23.4 Å². The Morgan fingerprint density at radius 3 is 2.80 bits per heavy atom. The quantitative estimate of drug-likeness (QED) is 0.729. The highest BCUT2D eigenvalue weighted by Crippen LogP contribution is 2.33. The number of fused-ring (bicyclic) bond motifs is 3. The van der Waals surface area contributed by atoms with Crippen LogP contribution >= 0.6 is 0 Å². The zero-order valence-corrected chi connectivity index (χ0v) is 11.8. The van der Waals surface area contributed by atoms with Crippen LogP contribution in [-0.2, 0) is 19.5 Å². The van der Waals surface area contributed by atoms with Crippen LogP contribution in [-0.4, -0.2) is 10.5 Å². The molecule has 0 saturated carbocycles. The first kappa shape index (κ1) is 11.9. The van der Waals surface area contributed by atoms with Gasteiger partial charge in [0, 0.05) is 25.2 Å². The number of nitrogens with zero attached hydrogens (tertiary/aromatic N) is 2. The van der Waals surface area contributed by atoms with Crippen LogP contribution in [0.1, 0.15) is 46.1 Å². The molecule has 1 aromatic carbocycles. The fourth-order valence-corrected chi connectivity index (χ4v) is 3.87. The lowest BCUT2D eigenvalue weighted by atomic mass is 9.81. The first-order chi connectivity index (χ1) is 9.75. The molecule has 1 aromatic heterocycles. The first-order valence-electron chi connectivity index (χ1n) is 7.46. The van der Waals surface area contributed by atoms with Gasteiger partial charge in [-0.1, -0.05) is 30.3 Å². The Morgan fingerprint density at radius 2 is 2.00 bits per heavy atom. The fourth-order valence-electron chi connectivity index (χ4n) is 3.87. The minimum absolute atomic E-state index is 0.326. The summed E-state index contributed by atoms with van der Waals surface area (Å²) in [6.07, 6.45) is 2.85. The number of carbonyl (C=O) groups excluding carboxylic acids is 1. The maximum absolute atomic E-state index is 12.6. The van der Waals surface area contributed by atoms with Crippen molar-refractivity contribution in [3.05, 3.63) is 52.8 Å². The Balaban J connectivity index is 1.80. The lowest BCUT2D eigenvalue weighted by molar-refractivity contribution is -0.764. The smallest absolute Gasteiger partial charge is 0.219 e. The number of aromatic nitrogens is 2. The maximum Gasteiger partial charge on any atom is 0.219 e. The second kappa shape index (κ2) is 4.30. The normalized spacial score (nSPS) is 20.9. The van der Waals surface area contributed by atoms with Gasteiger partial charge in [-0.2, -0.15) is 4.68 Å². The summed E-state index contributed by atoms with van der Waals surface area (Å²) < 4.78 is 4.65. The highest BCUT2D eigenvalue weighted by Gasteiger charge is 2.40. The van der Waals surface area contributed by atoms with E-state index in [0.29, 0.717) is 18.1 Å². The molecule has 0 N–H and O–H groups in total. The fraction of sp³-hybridized carbons (Fsp3) is 0.412. The average molecular weight is 267 g/mol. The van der Waals surface area contributed by atoms with Crippen LogP contribution in [0.4, 0.5) is 0 Å². The molecule has 3 nitrogen and oxygen atoms in total. The molecule has 102 valence electrons. The van der Waals surface area contributed by atoms with Crippen LogP contribution < -0.4 is 4.68 Å². The van der Waals surface area contributed by atoms with Gasteiger partial charge < -0.3 is 0 Å². The molecular formula is C17H19N2O+. The molecule has 2 aliphatic rings. The zero-order chi connectivity index (χ0) is 13.7. The highest BCUT2D eigenvalue weighted by atomic mass is 16.1. The molecule has 2 aromatic rings. The zero-order valence-electron chi connectivity index (χ0n) is 11.8. The number of carbonyl (C=O) groups is 1. The van der Waals surface area contributed by atoms with Crippen LogP contribution in [0.25, 0.3) is 0 Å². The molecule has 0 bridgehead atoms. The van der Waals surface area contributed by atoms with E-state index < -0.39 is 0 Å². The van der Waals surface area contributed by atoms with Crippen molar-refractivity contribution in [3.8, 4) is 0 Å². The van der Waals surface area contributed by atoms with Crippen LogP contribution in [0.3, 0.4) is 0 Å².